The van der Waals surface area contributed by atoms with Gasteiger partial charge in [-0.25, -0.2) is 9.97 Å². The molecule has 9 heteroatoms. The molecule has 32 heavy (non-hydrogen) atoms. The van der Waals surface area contributed by atoms with Gasteiger partial charge in [0.1, 0.15) is 11.6 Å². The van der Waals surface area contributed by atoms with Gasteiger partial charge in [-0.05, 0) is 12.1 Å². The summed E-state index contributed by atoms with van der Waals surface area (Å²) in [7, 11) is 0. The van der Waals surface area contributed by atoms with Crippen molar-refractivity contribution in [3.8, 4) is 11.4 Å². The van der Waals surface area contributed by atoms with Crippen LogP contribution in [0, 0.1) is 0 Å². The van der Waals surface area contributed by atoms with Gasteiger partial charge in [-0.3, -0.25) is 9.59 Å². The monoisotopic (exact) mass is 450 g/mol. The number of hydrogen-bond acceptors (Lipinski definition) is 7. The van der Waals surface area contributed by atoms with Gasteiger partial charge in [0, 0.05) is 49.6 Å². The lowest BCUT2D eigenvalue weighted by Gasteiger charge is -2.12. The highest BCUT2D eigenvalue weighted by Gasteiger charge is 2.09. The largest absolute Gasteiger partial charge is 0.368 e. The smallest absolute Gasteiger partial charge is 0.252 e. The molecule has 166 valence electrons. The number of anilines is 2. The van der Waals surface area contributed by atoms with E-state index in [1.807, 2.05) is 36.4 Å². The second kappa shape index (κ2) is 11.7. The van der Waals surface area contributed by atoms with Crippen molar-refractivity contribution in [2.75, 3.05) is 36.8 Å². The first-order valence-corrected chi connectivity index (χ1v) is 10.7. The second-order valence-electron chi connectivity index (χ2n) is 6.94. The Morgan fingerprint density at radius 1 is 0.812 bits per heavy atom. The van der Waals surface area contributed by atoms with Crippen LogP contribution >= 0.6 is 12.6 Å². The highest BCUT2D eigenvalue weighted by Crippen LogP contribution is 2.20. The molecule has 0 radical (unpaired) electrons. The lowest BCUT2D eigenvalue weighted by atomic mass is 10.2. The van der Waals surface area contributed by atoms with Crippen LogP contribution in [0.15, 0.2) is 65.6 Å². The van der Waals surface area contributed by atoms with Crippen molar-refractivity contribution >= 4 is 36.1 Å². The summed E-state index contributed by atoms with van der Waals surface area (Å²) in [6.45, 7) is 3.40. The molecule has 0 bridgehead atoms. The van der Waals surface area contributed by atoms with Crippen molar-refractivity contribution in [3.63, 3.8) is 0 Å². The van der Waals surface area contributed by atoms with Crippen LogP contribution in [0.25, 0.3) is 11.4 Å². The molecule has 0 aliphatic heterocycles. The first kappa shape index (κ1) is 23.1. The fourth-order valence-corrected chi connectivity index (χ4v) is 3.16. The van der Waals surface area contributed by atoms with Crippen LogP contribution in [0.1, 0.15) is 17.3 Å². The molecule has 3 aromatic rings. The zero-order valence-corrected chi connectivity index (χ0v) is 18.7. The van der Waals surface area contributed by atoms with Gasteiger partial charge in [0.05, 0.1) is 5.56 Å². The molecule has 4 N–H and O–H groups in total. The summed E-state index contributed by atoms with van der Waals surface area (Å²) in [4.78, 5) is 33.2. The molecule has 2 amide bonds. The Morgan fingerprint density at radius 2 is 1.41 bits per heavy atom. The van der Waals surface area contributed by atoms with Gasteiger partial charge in [0.15, 0.2) is 5.82 Å². The molecule has 0 fully saturated rings. The van der Waals surface area contributed by atoms with Gasteiger partial charge < -0.3 is 21.3 Å². The number of aromatic nitrogens is 2. The molecule has 0 saturated heterocycles. The topological polar surface area (TPSA) is 108 Å². The summed E-state index contributed by atoms with van der Waals surface area (Å²) in [5.41, 5.74) is 1.43. The average molecular weight is 451 g/mol. The summed E-state index contributed by atoms with van der Waals surface area (Å²) in [5, 5.41) is 12.0. The molecule has 0 unspecified atom stereocenters. The van der Waals surface area contributed by atoms with E-state index in [1.165, 1.54) is 6.92 Å². The average Bonchev–Trinajstić information content (AvgIpc) is 2.80. The van der Waals surface area contributed by atoms with Gasteiger partial charge in [-0.2, -0.15) is 0 Å². The number of carbonyl (C=O) groups excluding carboxylic acids is 2. The number of hydrogen-bond donors (Lipinski definition) is 5. The third-order valence-corrected chi connectivity index (χ3v) is 4.82. The molecule has 1 heterocycles. The lowest BCUT2D eigenvalue weighted by molar-refractivity contribution is -0.118. The second-order valence-corrected chi connectivity index (χ2v) is 7.42. The molecular formula is C23H26N6O2S. The van der Waals surface area contributed by atoms with Gasteiger partial charge in [-0.1, -0.05) is 42.5 Å². The Bertz CT molecular complexity index is 1060. The Hall–Kier alpha value is -3.59. The van der Waals surface area contributed by atoms with Crippen LogP contribution in [0.4, 0.5) is 11.6 Å². The highest BCUT2D eigenvalue weighted by molar-refractivity contribution is 7.80. The first-order chi connectivity index (χ1) is 15.5. The van der Waals surface area contributed by atoms with E-state index >= 15 is 0 Å². The van der Waals surface area contributed by atoms with Gasteiger partial charge >= 0.3 is 0 Å². The standard InChI is InChI=1S/C23H26N6O2S/c1-16(30)24-11-12-25-20-15-21(29-22(28-20)17-7-3-2-4-8-17)26-13-14-27-23(31)18-9-5-6-10-19(18)32/h2-10,15,32H,11-14H2,1H3,(H,24,30)(H,27,31)(H2,25,26,28,29). The van der Waals surface area contributed by atoms with Crippen molar-refractivity contribution in [3.05, 3.63) is 66.2 Å². The number of carbonyl (C=O) groups is 2. The third kappa shape index (κ3) is 6.98. The van der Waals surface area contributed by atoms with E-state index in [4.69, 9.17) is 0 Å². The third-order valence-electron chi connectivity index (χ3n) is 4.43. The van der Waals surface area contributed by atoms with Gasteiger partial charge in [0.2, 0.25) is 5.91 Å². The van der Waals surface area contributed by atoms with Crippen molar-refractivity contribution in [2.45, 2.75) is 11.8 Å². The predicted octanol–water partition coefficient (Wildman–Crippen LogP) is 2.82. The SMILES string of the molecule is CC(=O)NCCNc1cc(NCCNC(=O)c2ccccc2S)nc(-c2ccccc2)n1. The Kier molecular flexibility index (Phi) is 8.44. The van der Waals surface area contributed by atoms with Crippen LogP contribution < -0.4 is 21.3 Å². The van der Waals surface area contributed by atoms with Crippen LogP contribution in [0.5, 0.6) is 0 Å². The summed E-state index contributed by atoms with van der Waals surface area (Å²) in [5.74, 6) is 1.59. The summed E-state index contributed by atoms with van der Waals surface area (Å²) < 4.78 is 0. The van der Waals surface area contributed by atoms with E-state index in [0.29, 0.717) is 54.1 Å². The molecule has 0 spiro atoms. The van der Waals surface area contributed by atoms with Crippen LogP contribution in [-0.4, -0.2) is 48.0 Å². The molecule has 0 aliphatic rings. The number of nitrogens with one attached hydrogen (secondary N) is 4. The van der Waals surface area contributed by atoms with E-state index in [0.717, 1.165) is 5.56 Å². The van der Waals surface area contributed by atoms with Crippen molar-refractivity contribution < 1.29 is 9.59 Å². The Morgan fingerprint density at radius 3 is 2.03 bits per heavy atom. The quantitative estimate of drug-likeness (QED) is 0.240. The molecule has 0 atom stereocenters. The molecule has 2 aromatic carbocycles. The van der Waals surface area contributed by atoms with Gasteiger partial charge in [-0.15, -0.1) is 12.6 Å². The summed E-state index contributed by atoms with van der Waals surface area (Å²) in [6, 6.07) is 18.6. The maximum Gasteiger partial charge on any atom is 0.252 e. The van der Waals surface area contributed by atoms with Crippen LogP contribution in [0.2, 0.25) is 0 Å². The highest BCUT2D eigenvalue weighted by atomic mass is 32.1. The van der Waals surface area contributed by atoms with E-state index in [1.54, 1.807) is 24.3 Å². The van der Waals surface area contributed by atoms with Gasteiger partial charge in [0.25, 0.3) is 5.91 Å². The summed E-state index contributed by atoms with van der Waals surface area (Å²) >= 11 is 4.32. The molecule has 0 saturated carbocycles. The van der Waals surface area contributed by atoms with Crippen molar-refractivity contribution in [1.82, 2.24) is 20.6 Å². The molecule has 8 nitrogen and oxygen atoms in total. The Balaban J connectivity index is 1.62. The normalized spacial score (nSPS) is 10.3. The lowest BCUT2D eigenvalue weighted by Crippen LogP contribution is -2.29. The van der Waals surface area contributed by atoms with Crippen LogP contribution in [-0.2, 0) is 4.79 Å². The number of thiol groups is 1. The van der Waals surface area contributed by atoms with E-state index in [2.05, 4.69) is 43.9 Å². The van der Waals surface area contributed by atoms with Crippen molar-refractivity contribution in [2.24, 2.45) is 0 Å². The number of rotatable bonds is 10. The predicted molar refractivity (Wildman–Crippen MR) is 129 cm³/mol. The zero-order chi connectivity index (χ0) is 22.8. The first-order valence-electron chi connectivity index (χ1n) is 10.3. The minimum absolute atomic E-state index is 0.0793. The maximum absolute atomic E-state index is 12.3. The summed E-state index contributed by atoms with van der Waals surface area (Å²) in [6.07, 6.45) is 0. The van der Waals surface area contributed by atoms with E-state index in [-0.39, 0.29) is 11.8 Å². The van der Waals surface area contributed by atoms with E-state index < -0.39 is 0 Å². The van der Waals surface area contributed by atoms with Crippen LogP contribution in [0.3, 0.4) is 0 Å². The zero-order valence-electron chi connectivity index (χ0n) is 17.8. The molecule has 0 aliphatic carbocycles. The van der Waals surface area contributed by atoms with E-state index in [9.17, 15) is 9.59 Å². The molecule has 1 aromatic heterocycles. The molecular weight excluding hydrogens is 424 g/mol. The fourth-order valence-electron chi connectivity index (χ4n) is 2.90. The number of benzene rings is 2. The molecule has 3 rings (SSSR count). The maximum atomic E-state index is 12.3. The fraction of sp³-hybridized carbons (Fsp3) is 0.217. The number of nitrogens with zero attached hydrogens (tertiary/aromatic N) is 2. The minimum Gasteiger partial charge on any atom is -0.368 e. The minimum atomic E-state index is -0.176. The number of amides is 2. The Labute approximate surface area is 192 Å². The van der Waals surface area contributed by atoms with Crippen molar-refractivity contribution in [1.29, 1.82) is 0 Å².